The monoisotopic (exact) mass is 433 g/mol. The van der Waals surface area contributed by atoms with Crippen LogP contribution < -0.4 is 10.9 Å². The van der Waals surface area contributed by atoms with Crippen molar-refractivity contribution < 1.29 is 9.53 Å². The van der Waals surface area contributed by atoms with Crippen molar-refractivity contribution in [3.05, 3.63) is 39.4 Å². The molecule has 0 aliphatic carbocycles. The molecule has 0 fully saturated rings. The summed E-state index contributed by atoms with van der Waals surface area (Å²) in [5, 5.41) is 3.93. The van der Waals surface area contributed by atoms with Crippen LogP contribution in [0.5, 0.6) is 0 Å². The highest BCUT2D eigenvalue weighted by Crippen LogP contribution is 2.29. The van der Waals surface area contributed by atoms with Gasteiger partial charge in [-0.25, -0.2) is 0 Å². The predicted molar refractivity (Wildman–Crippen MR) is 121 cm³/mol. The minimum atomic E-state index is -0.0560. The highest BCUT2D eigenvalue weighted by atomic mass is 32.1. The minimum Gasteiger partial charge on any atom is -0.379 e. The molecular weight excluding hydrogens is 406 g/mol. The van der Waals surface area contributed by atoms with Crippen LogP contribution in [0, 0.1) is 4.77 Å². The summed E-state index contributed by atoms with van der Waals surface area (Å²) < 4.78 is 9.25. The number of fused-ring (bicyclic) bond motifs is 3. The van der Waals surface area contributed by atoms with Crippen LogP contribution in [-0.4, -0.2) is 34.7 Å². The van der Waals surface area contributed by atoms with E-state index >= 15 is 0 Å². The van der Waals surface area contributed by atoms with Crippen molar-refractivity contribution >= 4 is 49.8 Å². The smallest absolute Gasteiger partial charge is 0.272 e. The first-order valence-electron chi connectivity index (χ1n) is 10.00. The highest BCUT2D eigenvalue weighted by molar-refractivity contribution is 7.71. The molecule has 0 spiro atoms. The Hall–Kier alpha value is -2.03. The van der Waals surface area contributed by atoms with Gasteiger partial charge in [0.2, 0.25) is 5.91 Å². The van der Waals surface area contributed by atoms with Gasteiger partial charge in [-0.3, -0.25) is 14.2 Å². The first-order chi connectivity index (χ1) is 14.0. The third kappa shape index (κ3) is 5.52. The molecule has 1 aromatic carbocycles. The van der Waals surface area contributed by atoms with Gasteiger partial charge in [0.05, 0.1) is 11.6 Å². The largest absolute Gasteiger partial charge is 0.379 e. The maximum atomic E-state index is 12.9. The number of amides is 1. The molecule has 1 amide bonds. The number of nitrogens with one attached hydrogen (secondary N) is 2. The molecule has 3 aromatic rings. The summed E-state index contributed by atoms with van der Waals surface area (Å²) in [7, 11) is 0. The van der Waals surface area contributed by atoms with Crippen LogP contribution in [0.1, 0.15) is 39.5 Å². The zero-order chi connectivity index (χ0) is 20.8. The number of carbonyl (C=O) groups is 1. The van der Waals surface area contributed by atoms with E-state index in [2.05, 4.69) is 10.3 Å². The number of unbranched alkanes of at least 4 members (excludes halogenated alkanes) is 1. The average molecular weight is 434 g/mol. The van der Waals surface area contributed by atoms with Gasteiger partial charge in [0, 0.05) is 36.2 Å². The molecule has 2 aromatic heterocycles. The quantitative estimate of drug-likeness (QED) is 0.368. The second kappa shape index (κ2) is 10.1. The average Bonchev–Trinajstić information content (AvgIpc) is 3.05. The van der Waals surface area contributed by atoms with Crippen molar-refractivity contribution in [1.82, 2.24) is 14.9 Å². The summed E-state index contributed by atoms with van der Waals surface area (Å²) in [6.07, 6.45) is 2.90. The van der Waals surface area contributed by atoms with Gasteiger partial charge >= 0.3 is 0 Å². The van der Waals surface area contributed by atoms with Gasteiger partial charge in [-0.1, -0.05) is 18.2 Å². The van der Waals surface area contributed by atoms with Crippen molar-refractivity contribution in [2.75, 3.05) is 13.2 Å². The third-order valence-corrected chi connectivity index (χ3v) is 6.12. The maximum Gasteiger partial charge on any atom is 0.272 e. The van der Waals surface area contributed by atoms with Gasteiger partial charge in [-0.2, -0.15) is 0 Å². The van der Waals surface area contributed by atoms with E-state index in [1.165, 1.54) is 11.3 Å². The molecule has 2 N–H and O–H groups in total. The first kappa shape index (κ1) is 21.7. The van der Waals surface area contributed by atoms with E-state index in [0.717, 1.165) is 28.4 Å². The molecule has 0 saturated carbocycles. The van der Waals surface area contributed by atoms with Crippen molar-refractivity contribution in [2.45, 2.75) is 52.2 Å². The van der Waals surface area contributed by atoms with Gasteiger partial charge in [0.25, 0.3) is 5.56 Å². The molecule has 0 aliphatic heterocycles. The molecule has 0 saturated heterocycles. The number of hydrogen-bond donors (Lipinski definition) is 2. The lowest BCUT2D eigenvalue weighted by atomic mass is 10.2. The summed E-state index contributed by atoms with van der Waals surface area (Å²) in [4.78, 5) is 28.0. The summed E-state index contributed by atoms with van der Waals surface area (Å²) in [6.45, 7) is 5.77. The number of ether oxygens (including phenoxy) is 1. The minimum absolute atomic E-state index is 0.0343. The Labute approximate surface area is 178 Å². The summed E-state index contributed by atoms with van der Waals surface area (Å²) >= 11 is 6.90. The molecule has 0 radical (unpaired) electrons. The zero-order valence-electron chi connectivity index (χ0n) is 16.8. The Morgan fingerprint density at radius 1 is 1.28 bits per heavy atom. The Balaban J connectivity index is 1.52. The number of carbonyl (C=O) groups excluding carboxylic acids is 1. The Bertz CT molecular complexity index is 1100. The van der Waals surface area contributed by atoms with E-state index in [1.54, 1.807) is 4.57 Å². The fraction of sp³-hybridized carbons (Fsp3) is 0.476. The van der Waals surface area contributed by atoms with Crippen molar-refractivity contribution in [2.24, 2.45) is 0 Å². The summed E-state index contributed by atoms with van der Waals surface area (Å²) in [5.41, 5.74) is 0.761. The van der Waals surface area contributed by atoms with Gasteiger partial charge in [-0.05, 0) is 51.4 Å². The fourth-order valence-electron chi connectivity index (χ4n) is 3.18. The van der Waals surface area contributed by atoms with E-state index < -0.39 is 0 Å². The number of aromatic amines is 1. The van der Waals surface area contributed by atoms with Gasteiger partial charge in [-0.15, -0.1) is 11.3 Å². The van der Waals surface area contributed by atoms with Crippen LogP contribution in [-0.2, 0) is 16.1 Å². The van der Waals surface area contributed by atoms with Crippen LogP contribution in [0.2, 0.25) is 0 Å². The number of aromatic nitrogens is 2. The Morgan fingerprint density at radius 3 is 2.86 bits per heavy atom. The Morgan fingerprint density at radius 2 is 2.07 bits per heavy atom. The molecule has 29 heavy (non-hydrogen) atoms. The van der Waals surface area contributed by atoms with E-state index in [4.69, 9.17) is 17.0 Å². The summed E-state index contributed by atoms with van der Waals surface area (Å²) in [5.74, 6) is 0.0343. The molecule has 8 heteroatoms. The molecule has 3 rings (SSSR count). The molecular formula is C21H27N3O3S2. The van der Waals surface area contributed by atoms with Crippen LogP contribution in [0.25, 0.3) is 20.3 Å². The second-order valence-electron chi connectivity index (χ2n) is 7.27. The maximum absolute atomic E-state index is 12.9. The number of benzene rings is 1. The lowest BCUT2D eigenvalue weighted by Gasteiger charge is -2.09. The molecule has 2 heterocycles. The lowest BCUT2D eigenvalue weighted by molar-refractivity contribution is -0.121. The number of rotatable bonds is 10. The topological polar surface area (TPSA) is 76.1 Å². The number of hydrogen-bond acceptors (Lipinski definition) is 5. The molecule has 6 nitrogen and oxygen atoms in total. The molecule has 0 atom stereocenters. The van der Waals surface area contributed by atoms with Gasteiger partial charge in [0.1, 0.15) is 4.70 Å². The number of nitrogens with zero attached hydrogens (tertiary/aromatic N) is 1. The molecule has 0 unspecified atom stereocenters. The van der Waals surface area contributed by atoms with Gasteiger partial charge < -0.3 is 15.0 Å². The van der Waals surface area contributed by atoms with E-state index in [0.29, 0.717) is 42.0 Å². The van der Waals surface area contributed by atoms with Gasteiger partial charge in [0.15, 0.2) is 4.77 Å². The van der Waals surface area contributed by atoms with Crippen LogP contribution in [0.15, 0.2) is 29.1 Å². The second-order valence-corrected chi connectivity index (χ2v) is 8.71. The molecule has 0 bridgehead atoms. The fourth-order valence-corrected chi connectivity index (χ4v) is 4.56. The SMILES string of the molecule is CC(C)OCCCNC(=O)CCCCn1c(=S)[nH]c2c(sc3ccccc32)c1=O. The predicted octanol–water partition coefficient (Wildman–Crippen LogP) is 4.38. The number of H-pyrrole nitrogens is 1. The van der Waals surface area contributed by atoms with E-state index in [1.807, 2.05) is 38.1 Å². The first-order valence-corrected chi connectivity index (χ1v) is 11.2. The molecule has 156 valence electrons. The van der Waals surface area contributed by atoms with E-state index in [9.17, 15) is 9.59 Å². The van der Waals surface area contributed by atoms with Crippen molar-refractivity contribution in [1.29, 1.82) is 0 Å². The highest BCUT2D eigenvalue weighted by Gasteiger charge is 2.12. The van der Waals surface area contributed by atoms with E-state index in [-0.39, 0.29) is 17.6 Å². The normalized spacial score (nSPS) is 11.6. The standard InChI is InChI=1S/C21H27N3O3S2/c1-14(2)27-13-7-11-22-17(25)10-5-6-12-24-20(26)19-18(23-21(24)28)15-8-3-4-9-16(15)29-19/h3-4,8-9,14H,5-7,10-13H2,1-2H3,(H,22,25)(H,23,28). The third-order valence-electron chi connectivity index (χ3n) is 4.64. The molecule has 0 aliphatic rings. The zero-order valence-corrected chi connectivity index (χ0v) is 18.5. The van der Waals surface area contributed by atoms with Crippen LogP contribution >= 0.6 is 23.6 Å². The lowest BCUT2D eigenvalue weighted by Crippen LogP contribution is -2.25. The number of thiophene rings is 1. The van der Waals surface area contributed by atoms with Crippen LogP contribution in [0.4, 0.5) is 0 Å². The van der Waals surface area contributed by atoms with Crippen molar-refractivity contribution in [3.8, 4) is 0 Å². The van der Waals surface area contributed by atoms with Crippen LogP contribution in [0.3, 0.4) is 0 Å². The van der Waals surface area contributed by atoms with Crippen molar-refractivity contribution in [3.63, 3.8) is 0 Å². The summed E-state index contributed by atoms with van der Waals surface area (Å²) in [6, 6.07) is 7.93. The Kier molecular flexibility index (Phi) is 7.57.